The van der Waals surface area contributed by atoms with Crippen molar-refractivity contribution in [2.75, 3.05) is 0 Å². The summed E-state index contributed by atoms with van der Waals surface area (Å²) in [6.07, 6.45) is 3.22. The number of amides is 1. The highest BCUT2D eigenvalue weighted by atomic mass is 35.5. The molecule has 0 aliphatic heterocycles. The molecule has 0 aliphatic carbocycles. The van der Waals surface area contributed by atoms with Crippen LogP contribution in [0.5, 0.6) is 5.75 Å². The highest BCUT2D eigenvalue weighted by Crippen LogP contribution is 2.14. The number of hydrazone groups is 1. The third-order valence-corrected chi connectivity index (χ3v) is 4.86. The molecule has 0 atom stereocenters. The molecule has 1 amide bonds. The van der Waals surface area contributed by atoms with Crippen LogP contribution < -0.4 is 10.2 Å². The van der Waals surface area contributed by atoms with Gasteiger partial charge in [0.15, 0.2) is 5.69 Å². The third-order valence-electron chi connectivity index (χ3n) is 4.61. The van der Waals surface area contributed by atoms with E-state index in [1.807, 2.05) is 30.3 Å². The number of rotatable bonds is 7. The van der Waals surface area contributed by atoms with E-state index in [4.69, 9.17) is 16.3 Å². The highest BCUT2D eigenvalue weighted by molar-refractivity contribution is 6.30. The van der Waals surface area contributed by atoms with Gasteiger partial charge in [-0.25, -0.2) is 10.2 Å². The number of nitrogens with zero attached hydrogens (tertiary/aromatic N) is 3. The largest absolute Gasteiger partial charge is 0.423 e. The van der Waals surface area contributed by atoms with Gasteiger partial charge in [-0.15, -0.1) is 0 Å². The van der Waals surface area contributed by atoms with Crippen LogP contribution in [0.4, 0.5) is 0 Å². The van der Waals surface area contributed by atoms with Crippen molar-refractivity contribution in [2.24, 2.45) is 5.10 Å². The minimum Gasteiger partial charge on any atom is -0.423 e. The number of ether oxygens (including phenoxy) is 1. The molecule has 33 heavy (non-hydrogen) atoms. The van der Waals surface area contributed by atoms with Crippen molar-refractivity contribution in [3.63, 3.8) is 0 Å². The Bertz CT molecular complexity index is 1270. The Morgan fingerprint density at radius 2 is 1.70 bits per heavy atom. The lowest BCUT2D eigenvalue weighted by Gasteiger charge is -2.04. The van der Waals surface area contributed by atoms with Crippen LogP contribution in [0.3, 0.4) is 0 Å². The third kappa shape index (κ3) is 6.15. The molecule has 4 rings (SSSR count). The van der Waals surface area contributed by atoms with Crippen LogP contribution in [0.25, 0.3) is 0 Å². The molecular formula is C25H19ClN4O3. The number of carbonyl (C=O) groups is 2. The molecule has 0 saturated carbocycles. The van der Waals surface area contributed by atoms with Gasteiger partial charge in [0.1, 0.15) is 5.75 Å². The highest BCUT2D eigenvalue weighted by Gasteiger charge is 2.09. The first-order valence-electron chi connectivity index (χ1n) is 10.1. The summed E-state index contributed by atoms with van der Waals surface area (Å²) in [5, 5.41) is 8.90. The molecule has 0 bridgehead atoms. The van der Waals surface area contributed by atoms with Gasteiger partial charge in [0, 0.05) is 11.2 Å². The first kappa shape index (κ1) is 22.0. The Morgan fingerprint density at radius 1 is 0.970 bits per heavy atom. The van der Waals surface area contributed by atoms with Crippen molar-refractivity contribution in [1.29, 1.82) is 0 Å². The van der Waals surface area contributed by atoms with Gasteiger partial charge in [0.25, 0.3) is 5.91 Å². The predicted molar refractivity (Wildman–Crippen MR) is 126 cm³/mol. The molecule has 4 aromatic rings. The van der Waals surface area contributed by atoms with Crippen molar-refractivity contribution in [3.8, 4) is 5.75 Å². The van der Waals surface area contributed by atoms with E-state index in [1.165, 1.54) is 6.21 Å². The molecule has 164 valence electrons. The minimum atomic E-state index is -0.431. The van der Waals surface area contributed by atoms with Crippen LogP contribution in [-0.4, -0.2) is 27.9 Å². The maximum absolute atomic E-state index is 12.3. The molecule has 0 radical (unpaired) electrons. The fourth-order valence-electron chi connectivity index (χ4n) is 2.93. The Kier molecular flexibility index (Phi) is 6.92. The lowest BCUT2D eigenvalue weighted by atomic mass is 10.2. The Hall–Kier alpha value is -4.23. The zero-order valence-electron chi connectivity index (χ0n) is 17.4. The second-order valence-electron chi connectivity index (χ2n) is 7.05. The van der Waals surface area contributed by atoms with Crippen molar-refractivity contribution < 1.29 is 14.3 Å². The summed E-state index contributed by atoms with van der Waals surface area (Å²) in [4.78, 5) is 24.4. The lowest BCUT2D eigenvalue weighted by molar-refractivity contribution is 0.0734. The summed E-state index contributed by atoms with van der Waals surface area (Å²) >= 11 is 5.90. The zero-order chi connectivity index (χ0) is 23.0. The summed E-state index contributed by atoms with van der Waals surface area (Å²) in [7, 11) is 0. The van der Waals surface area contributed by atoms with E-state index in [2.05, 4.69) is 15.6 Å². The van der Waals surface area contributed by atoms with E-state index in [0.29, 0.717) is 22.9 Å². The number of nitrogens with one attached hydrogen (secondary N) is 1. The summed E-state index contributed by atoms with van der Waals surface area (Å²) in [6.45, 7) is 0.523. The monoisotopic (exact) mass is 458 g/mol. The maximum atomic E-state index is 12.3. The summed E-state index contributed by atoms with van der Waals surface area (Å²) < 4.78 is 7.00. The summed E-state index contributed by atoms with van der Waals surface area (Å²) in [6, 6.07) is 24.6. The second-order valence-corrected chi connectivity index (χ2v) is 7.49. The van der Waals surface area contributed by atoms with Gasteiger partial charge in [0.05, 0.1) is 18.3 Å². The van der Waals surface area contributed by atoms with Gasteiger partial charge in [-0.1, -0.05) is 41.9 Å². The number of benzene rings is 3. The Morgan fingerprint density at radius 3 is 2.42 bits per heavy atom. The first-order valence-corrected chi connectivity index (χ1v) is 10.4. The number of aromatic nitrogens is 2. The van der Waals surface area contributed by atoms with E-state index in [-0.39, 0.29) is 5.69 Å². The Balaban J connectivity index is 1.29. The van der Waals surface area contributed by atoms with Gasteiger partial charge in [0.2, 0.25) is 0 Å². The van der Waals surface area contributed by atoms with Gasteiger partial charge >= 0.3 is 5.97 Å². The standard InChI is InChI=1S/C25H19ClN4O3/c26-21-10-6-19(7-11-21)17-30-15-14-23(29-30)24(31)28-27-16-18-8-12-22(13-9-18)33-25(32)20-4-2-1-3-5-20/h1-16H,17H2,(H,28,31)/b27-16-. The van der Waals surface area contributed by atoms with Crippen molar-refractivity contribution in [1.82, 2.24) is 15.2 Å². The predicted octanol–water partition coefficient (Wildman–Crippen LogP) is 4.57. The van der Waals surface area contributed by atoms with Gasteiger partial charge in [-0.3, -0.25) is 9.48 Å². The van der Waals surface area contributed by atoms with Gasteiger partial charge < -0.3 is 4.74 Å². The van der Waals surface area contributed by atoms with Crippen LogP contribution in [0.1, 0.15) is 32.0 Å². The van der Waals surface area contributed by atoms with Crippen LogP contribution >= 0.6 is 11.6 Å². The van der Waals surface area contributed by atoms with Gasteiger partial charge in [-0.05, 0) is 65.7 Å². The molecule has 1 heterocycles. The number of carbonyl (C=O) groups excluding carboxylic acids is 2. The topological polar surface area (TPSA) is 85.6 Å². The van der Waals surface area contributed by atoms with E-state index >= 15 is 0 Å². The SMILES string of the molecule is O=C(Oc1ccc(/C=N\NC(=O)c2ccn(Cc3ccc(Cl)cc3)n2)cc1)c1ccccc1. The molecule has 1 aromatic heterocycles. The summed E-state index contributed by atoms with van der Waals surface area (Å²) in [5.74, 6) is -0.439. The molecule has 1 N–H and O–H groups in total. The number of hydrogen-bond acceptors (Lipinski definition) is 5. The molecule has 0 fully saturated rings. The summed E-state index contributed by atoms with van der Waals surface area (Å²) in [5.41, 5.74) is 4.92. The number of halogens is 1. The van der Waals surface area contributed by atoms with Crippen molar-refractivity contribution >= 4 is 29.7 Å². The van der Waals surface area contributed by atoms with Crippen molar-refractivity contribution in [3.05, 3.63) is 119 Å². The average molecular weight is 459 g/mol. The van der Waals surface area contributed by atoms with Gasteiger partial charge in [-0.2, -0.15) is 10.2 Å². The molecule has 3 aromatic carbocycles. The van der Waals surface area contributed by atoms with Crippen LogP contribution in [-0.2, 0) is 6.54 Å². The fraction of sp³-hybridized carbons (Fsp3) is 0.0400. The molecular weight excluding hydrogens is 440 g/mol. The molecule has 8 heteroatoms. The molecule has 0 aliphatic rings. The van der Waals surface area contributed by atoms with Crippen LogP contribution in [0.15, 0.2) is 96.2 Å². The average Bonchev–Trinajstić information content (AvgIpc) is 3.31. The van der Waals surface area contributed by atoms with E-state index in [1.54, 1.807) is 65.5 Å². The second kappa shape index (κ2) is 10.4. The Labute approximate surface area is 195 Å². The van der Waals surface area contributed by atoms with E-state index in [0.717, 1.165) is 11.1 Å². The number of esters is 1. The normalized spacial score (nSPS) is 10.8. The molecule has 7 nitrogen and oxygen atoms in total. The quantitative estimate of drug-likeness (QED) is 0.190. The molecule has 0 saturated heterocycles. The number of hydrogen-bond donors (Lipinski definition) is 1. The molecule has 0 spiro atoms. The van der Waals surface area contributed by atoms with Crippen LogP contribution in [0.2, 0.25) is 5.02 Å². The maximum Gasteiger partial charge on any atom is 0.343 e. The fourth-order valence-corrected chi connectivity index (χ4v) is 3.06. The smallest absolute Gasteiger partial charge is 0.343 e. The van der Waals surface area contributed by atoms with E-state index < -0.39 is 11.9 Å². The lowest BCUT2D eigenvalue weighted by Crippen LogP contribution is -2.18. The minimum absolute atomic E-state index is 0.254. The first-order chi connectivity index (χ1) is 16.1. The zero-order valence-corrected chi connectivity index (χ0v) is 18.1. The van der Waals surface area contributed by atoms with E-state index in [9.17, 15) is 9.59 Å². The van der Waals surface area contributed by atoms with Crippen LogP contribution in [0, 0.1) is 0 Å². The molecule has 0 unspecified atom stereocenters. The van der Waals surface area contributed by atoms with Crippen molar-refractivity contribution in [2.45, 2.75) is 6.54 Å².